The van der Waals surface area contributed by atoms with Crippen LogP contribution in [0.2, 0.25) is 0 Å². The molecule has 1 atom stereocenters. The molecular weight excluding hydrogens is 276 g/mol. The van der Waals surface area contributed by atoms with Gasteiger partial charge in [0, 0.05) is 12.6 Å². The van der Waals surface area contributed by atoms with Gasteiger partial charge in [0.05, 0.1) is 18.9 Å². The van der Waals surface area contributed by atoms with Gasteiger partial charge in [0.15, 0.2) is 0 Å². The van der Waals surface area contributed by atoms with Crippen LogP contribution >= 0.6 is 0 Å². The highest BCUT2D eigenvalue weighted by Gasteiger charge is 2.34. The van der Waals surface area contributed by atoms with Gasteiger partial charge in [-0.15, -0.1) is 0 Å². The summed E-state index contributed by atoms with van der Waals surface area (Å²) in [5.41, 5.74) is 8.17. The molecule has 1 aliphatic rings. The number of nitrogens with zero attached hydrogens (tertiary/aromatic N) is 1. The van der Waals surface area contributed by atoms with Crippen molar-refractivity contribution in [2.24, 2.45) is 0 Å². The smallest absolute Gasteiger partial charge is 0.245 e. The van der Waals surface area contributed by atoms with Crippen LogP contribution in [0.5, 0.6) is 0 Å². The average Bonchev–Trinajstić information content (AvgIpc) is 2.42. The number of sulfonamides is 1. The lowest BCUT2D eigenvalue weighted by molar-refractivity contribution is 0.0314. The van der Waals surface area contributed by atoms with Crippen LogP contribution in [0.25, 0.3) is 0 Å². The molecule has 0 amide bonds. The largest absolute Gasteiger partial charge is 0.398 e. The Morgan fingerprint density at radius 1 is 1.35 bits per heavy atom. The number of anilines is 1. The van der Waals surface area contributed by atoms with E-state index in [9.17, 15) is 8.42 Å². The van der Waals surface area contributed by atoms with Crippen LogP contribution < -0.4 is 5.73 Å². The molecule has 0 aliphatic carbocycles. The first-order valence-corrected chi connectivity index (χ1v) is 8.28. The second-order valence-electron chi connectivity index (χ2n) is 5.23. The monoisotopic (exact) mass is 298 g/mol. The van der Waals surface area contributed by atoms with Crippen molar-refractivity contribution < 1.29 is 13.2 Å². The van der Waals surface area contributed by atoms with Crippen LogP contribution in [0.1, 0.15) is 24.5 Å². The molecule has 1 unspecified atom stereocenters. The number of nitrogen functional groups attached to an aromatic ring is 1. The molecule has 112 valence electrons. The Morgan fingerprint density at radius 2 is 2.00 bits per heavy atom. The van der Waals surface area contributed by atoms with E-state index < -0.39 is 10.0 Å². The molecule has 2 N–H and O–H groups in total. The van der Waals surface area contributed by atoms with Crippen LogP contribution in [0.15, 0.2) is 17.0 Å². The van der Waals surface area contributed by atoms with Gasteiger partial charge in [-0.2, -0.15) is 4.31 Å². The molecule has 6 heteroatoms. The lowest BCUT2D eigenvalue weighted by Crippen LogP contribution is -2.48. The number of morpholine rings is 1. The first kappa shape index (κ1) is 15.3. The fraction of sp³-hybridized carbons (Fsp3) is 0.571. The van der Waals surface area contributed by atoms with Crippen LogP contribution in [-0.2, 0) is 14.8 Å². The molecule has 1 heterocycles. The predicted octanol–water partition coefficient (Wildman–Crippen LogP) is 1.69. The molecule has 1 saturated heterocycles. The molecule has 0 aromatic heterocycles. The van der Waals surface area contributed by atoms with Gasteiger partial charge in [0.1, 0.15) is 4.90 Å². The first-order valence-electron chi connectivity index (χ1n) is 6.84. The topological polar surface area (TPSA) is 72.6 Å². The lowest BCUT2D eigenvalue weighted by Gasteiger charge is -2.34. The average molecular weight is 298 g/mol. The number of nitrogens with two attached hydrogens (primary N) is 1. The summed E-state index contributed by atoms with van der Waals surface area (Å²) < 4.78 is 32.6. The van der Waals surface area contributed by atoms with Crippen molar-refractivity contribution >= 4 is 15.7 Å². The number of aryl methyl sites for hydroxylation is 2. The predicted molar refractivity (Wildman–Crippen MR) is 79.1 cm³/mol. The molecule has 1 fully saturated rings. The number of hydrogen-bond acceptors (Lipinski definition) is 4. The van der Waals surface area contributed by atoms with Crippen LogP contribution in [0.3, 0.4) is 0 Å². The van der Waals surface area contributed by atoms with Crippen molar-refractivity contribution in [3.63, 3.8) is 0 Å². The summed E-state index contributed by atoms with van der Waals surface area (Å²) in [6.45, 7) is 7.04. The molecule has 5 nitrogen and oxygen atoms in total. The summed E-state index contributed by atoms with van der Waals surface area (Å²) in [7, 11) is -3.56. The summed E-state index contributed by atoms with van der Waals surface area (Å²) in [6, 6.07) is 3.28. The van der Waals surface area contributed by atoms with Gasteiger partial charge >= 0.3 is 0 Å². The Bertz CT molecular complexity index is 599. The van der Waals surface area contributed by atoms with Gasteiger partial charge in [-0.1, -0.05) is 6.92 Å². The fourth-order valence-corrected chi connectivity index (χ4v) is 4.29. The Balaban J connectivity index is 2.46. The first-order chi connectivity index (χ1) is 9.37. The molecule has 2 rings (SSSR count). The van der Waals surface area contributed by atoms with Crippen LogP contribution in [0, 0.1) is 13.8 Å². The summed E-state index contributed by atoms with van der Waals surface area (Å²) in [5.74, 6) is 0. The van der Waals surface area contributed by atoms with Crippen molar-refractivity contribution in [1.29, 1.82) is 0 Å². The molecular formula is C14H22N2O3S. The van der Waals surface area contributed by atoms with E-state index in [4.69, 9.17) is 10.5 Å². The number of rotatable bonds is 3. The quantitative estimate of drug-likeness (QED) is 0.862. The van der Waals surface area contributed by atoms with Gasteiger partial charge < -0.3 is 10.5 Å². The summed E-state index contributed by atoms with van der Waals surface area (Å²) >= 11 is 0. The molecule has 1 aliphatic heterocycles. The molecule has 0 spiro atoms. The second kappa shape index (κ2) is 5.71. The third kappa shape index (κ3) is 2.68. The highest BCUT2D eigenvalue weighted by Crippen LogP contribution is 2.28. The zero-order chi connectivity index (χ0) is 14.9. The second-order valence-corrected chi connectivity index (χ2v) is 7.09. The highest BCUT2D eigenvalue weighted by atomic mass is 32.2. The number of hydrogen-bond donors (Lipinski definition) is 1. The van der Waals surface area contributed by atoms with Gasteiger partial charge in [-0.25, -0.2) is 8.42 Å². The Labute approximate surface area is 120 Å². The number of ether oxygens (including phenoxy) is 1. The van der Waals surface area contributed by atoms with E-state index in [2.05, 4.69) is 0 Å². The van der Waals surface area contributed by atoms with Crippen molar-refractivity contribution in [3.8, 4) is 0 Å². The standard InChI is InChI=1S/C14H22N2O3S/c1-4-12-9-19-6-5-16(12)20(17,18)14-8-11(3)10(2)7-13(14)15/h7-8,12H,4-6,9,15H2,1-3H3. The normalized spacial score (nSPS) is 21.1. The zero-order valence-electron chi connectivity index (χ0n) is 12.2. The molecule has 0 radical (unpaired) electrons. The van der Waals surface area contributed by atoms with E-state index in [-0.39, 0.29) is 10.9 Å². The Morgan fingerprint density at radius 3 is 2.65 bits per heavy atom. The van der Waals surface area contributed by atoms with E-state index >= 15 is 0 Å². The van der Waals surface area contributed by atoms with Crippen LogP contribution in [-0.4, -0.2) is 38.5 Å². The fourth-order valence-electron chi connectivity index (χ4n) is 2.44. The van der Waals surface area contributed by atoms with E-state index in [1.165, 1.54) is 4.31 Å². The minimum Gasteiger partial charge on any atom is -0.398 e. The third-order valence-corrected chi connectivity index (χ3v) is 5.87. The van der Waals surface area contributed by atoms with Gasteiger partial charge in [0.2, 0.25) is 10.0 Å². The third-order valence-electron chi connectivity index (χ3n) is 3.86. The van der Waals surface area contributed by atoms with Crippen molar-refractivity contribution in [1.82, 2.24) is 4.31 Å². The van der Waals surface area contributed by atoms with Gasteiger partial charge in [0.25, 0.3) is 0 Å². The number of benzene rings is 1. The zero-order valence-corrected chi connectivity index (χ0v) is 13.0. The maximum absolute atomic E-state index is 12.8. The van der Waals surface area contributed by atoms with E-state index in [1.807, 2.05) is 20.8 Å². The van der Waals surface area contributed by atoms with Crippen LogP contribution in [0.4, 0.5) is 5.69 Å². The molecule has 20 heavy (non-hydrogen) atoms. The maximum atomic E-state index is 12.8. The van der Waals surface area contributed by atoms with Gasteiger partial charge in [-0.05, 0) is 43.5 Å². The van der Waals surface area contributed by atoms with Gasteiger partial charge in [-0.3, -0.25) is 0 Å². The van der Waals surface area contributed by atoms with Crippen molar-refractivity contribution in [2.45, 2.75) is 38.1 Å². The van der Waals surface area contributed by atoms with Crippen molar-refractivity contribution in [3.05, 3.63) is 23.3 Å². The minimum atomic E-state index is -3.56. The molecule has 0 saturated carbocycles. The Kier molecular flexibility index (Phi) is 4.36. The molecule has 1 aromatic rings. The highest BCUT2D eigenvalue weighted by molar-refractivity contribution is 7.89. The Hall–Kier alpha value is -1.11. The summed E-state index contributed by atoms with van der Waals surface area (Å²) in [6.07, 6.45) is 0.726. The molecule has 0 bridgehead atoms. The van der Waals surface area contributed by atoms with E-state index in [0.29, 0.717) is 25.4 Å². The maximum Gasteiger partial charge on any atom is 0.245 e. The van der Waals surface area contributed by atoms with Crippen molar-refractivity contribution in [2.75, 3.05) is 25.5 Å². The summed E-state index contributed by atoms with van der Waals surface area (Å²) in [4.78, 5) is 0.209. The van der Waals surface area contributed by atoms with E-state index in [1.54, 1.807) is 12.1 Å². The SMILES string of the molecule is CCC1COCCN1S(=O)(=O)c1cc(C)c(C)cc1N. The minimum absolute atomic E-state index is 0.116. The summed E-state index contributed by atoms with van der Waals surface area (Å²) in [5, 5.41) is 0. The lowest BCUT2D eigenvalue weighted by atomic mass is 10.1. The van der Waals surface area contributed by atoms with E-state index in [0.717, 1.165) is 17.5 Å². The molecule has 1 aromatic carbocycles.